The molecule has 0 saturated carbocycles. The zero-order valence-corrected chi connectivity index (χ0v) is 24.0. The Bertz CT molecular complexity index is 1530. The normalized spacial score (nSPS) is 11.6. The van der Waals surface area contributed by atoms with Crippen molar-refractivity contribution in [3.05, 3.63) is 66.2 Å². The topological polar surface area (TPSA) is 120 Å². The number of anilines is 2. The highest BCUT2D eigenvalue weighted by atomic mass is 32.2. The van der Waals surface area contributed by atoms with Crippen LogP contribution in [0, 0.1) is 11.6 Å². The number of halogens is 2. The second-order valence-electron chi connectivity index (χ2n) is 8.71. The Kier molecular flexibility index (Phi) is 10.6. The predicted molar refractivity (Wildman–Crippen MR) is 148 cm³/mol. The van der Waals surface area contributed by atoms with Gasteiger partial charge >= 0.3 is 0 Å². The van der Waals surface area contributed by atoms with Crippen molar-refractivity contribution >= 4 is 31.4 Å². The van der Waals surface area contributed by atoms with E-state index in [-0.39, 0.29) is 41.8 Å². The molecule has 0 atom stereocenters. The van der Waals surface area contributed by atoms with Crippen molar-refractivity contribution in [3.63, 3.8) is 0 Å². The minimum absolute atomic E-state index is 0.101. The first-order valence-electron chi connectivity index (χ1n) is 12.6. The Morgan fingerprint density at radius 2 is 1.15 bits per heavy atom. The molecule has 218 valence electrons. The molecule has 0 aliphatic carbocycles. The average Bonchev–Trinajstić information content (AvgIpc) is 2.90. The number of methoxy groups -OCH3 is 1. The van der Waals surface area contributed by atoms with E-state index in [1.165, 1.54) is 19.2 Å². The number of hydrogen-bond donors (Lipinski definition) is 2. The Labute approximate surface area is 233 Å². The van der Waals surface area contributed by atoms with Crippen molar-refractivity contribution in [1.82, 2.24) is 0 Å². The first-order valence-corrected chi connectivity index (χ1v) is 15.6. The van der Waals surface area contributed by atoms with Gasteiger partial charge in [0.15, 0.2) is 0 Å². The number of unbranched alkanes of at least 4 members (excludes halogenated alkanes) is 2. The van der Waals surface area contributed by atoms with Gasteiger partial charge in [-0.3, -0.25) is 9.44 Å². The largest absolute Gasteiger partial charge is 0.495 e. The molecular formula is C27H32F2N2O7S2. The van der Waals surface area contributed by atoms with Crippen molar-refractivity contribution in [3.8, 4) is 17.2 Å². The maximum atomic E-state index is 14.0. The molecule has 0 unspecified atom stereocenters. The molecule has 9 nitrogen and oxygen atoms in total. The van der Waals surface area contributed by atoms with Gasteiger partial charge in [-0.15, -0.1) is 0 Å². The summed E-state index contributed by atoms with van der Waals surface area (Å²) < 4.78 is 102. The van der Waals surface area contributed by atoms with Crippen molar-refractivity contribution in [2.45, 2.75) is 49.3 Å². The van der Waals surface area contributed by atoms with E-state index in [1.54, 1.807) is 0 Å². The number of hydrogen-bond acceptors (Lipinski definition) is 7. The second kappa shape index (κ2) is 13.7. The van der Waals surface area contributed by atoms with Crippen LogP contribution in [-0.4, -0.2) is 37.2 Å². The fourth-order valence-corrected chi connectivity index (χ4v) is 5.93. The molecule has 0 fully saturated rings. The summed E-state index contributed by atoms with van der Waals surface area (Å²) in [6, 6.07) is 9.97. The summed E-state index contributed by atoms with van der Waals surface area (Å²) in [5.41, 5.74) is -0.318. The highest BCUT2D eigenvalue weighted by molar-refractivity contribution is 7.93. The summed E-state index contributed by atoms with van der Waals surface area (Å²) in [6.07, 6.45) is 3.06. The molecule has 40 heavy (non-hydrogen) atoms. The maximum absolute atomic E-state index is 14.0. The average molecular weight is 599 g/mol. The zero-order valence-electron chi connectivity index (χ0n) is 22.4. The fourth-order valence-electron chi connectivity index (χ4n) is 3.51. The molecule has 3 rings (SSSR count). The molecule has 0 saturated heterocycles. The molecular weight excluding hydrogens is 566 g/mol. The fraction of sp³-hybridized carbons (Fsp3) is 0.333. The van der Waals surface area contributed by atoms with Crippen LogP contribution in [-0.2, 0) is 20.0 Å². The van der Waals surface area contributed by atoms with E-state index >= 15 is 0 Å². The molecule has 0 aliphatic rings. The van der Waals surface area contributed by atoms with Gasteiger partial charge in [-0.2, -0.15) is 0 Å². The van der Waals surface area contributed by atoms with Crippen LogP contribution in [0.1, 0.15) is 39.5 Å². The Balaban J connectivity index is 1.97. The van der Waals surface area contributed by atoms with Crippen molar-refractivity contribution < 1.29 is 39.8 Å². The van der Waals surface area contributed by atoms with E-state index < -0.39 is 41.5 Å². The Hall–Kier alpha value is -3.58. The molecule has 0 spiro atoms. The van der Waals surface area contributed by atoms with Gasteiger partial charge in [-0.1, -0.05) is 26.7 Å². The van der Waals surface area contributed by atoms with E-state index in [0.717, 1.165) is 55.3 Å². The summed E-state index contributed by atoms with van der Waals surface area (Å²) in [4.78, 5) is -0.976. The van der Waals surface area contributed by atoms with Gasteiger partial charge in [-0.25, -0.2) is 25.6 Å². The minimum Gasteiger partial charge on any atom is -0.495 e. The molecule has 13 heteroatoms. The Morgan fingerprint density at radius 3 is 1.62 bits per heavy atom. The van der Waals surface area contributed by atoms with Crippen LogP contribution in [0.4, 0.5) is 20.2 Å². The van der Waals surface area contributed by atoms with Gasteiger partial charge in [0.05, 0.1) is 36.6 Å². The first kappa shape index (κ1) is 31.0. The number of sulfonamides is 2. The monoisotopic (exact) mass is 598 g/mol. The highest BCUT2D eigenvalue weighted by Crippen LogP contribution is 2.34. The van der Waals surface area contributed by atoms with Gasteiger partial charge in [0.25, 0.3) is 20.0 Å². The smallest absolute Gasteiger partial charge is 0.265 e. The van der Waals surface area contributed by atoms with Crippen molar-refractivity contribution in [2.24, 2.45) is 0 Å². The van der Waals surface area contributed by atoms with Gasteiger partial charge < -0.3 is 14.2 Å². The summed E-state index contributed by atoms with van der Waals surface area (Å²) in [5.74, 6) is -1.35. The molecule has 0 amide bonds. The molecule has 0 bridgehead atoms. The van der Waals surface area contributed by atoms with Crippen LogP contribution >= 0.6 is 0 Å². The molecule has 3 aromatic rings. The molecule has 0 heterocycles. The lowest BCUT2D eigenvalue weighted by Crippen LogP contribution is -2.18. The van der Waals surface area contributed by atoms with Crippen LogP contribution < -0.4 is 23.7 Å². The molecule has 2 N–H and O–H groups in total. The van der Waals surface area contributed by atoms with E-state index in [0.29, 0.717) is 12.8 Å². The van der Waals surface area contributed by atoms with E-state index in [2.05, 4.69) is 9.44 Å². The number of nitrogens with one attached hydrogen (secondary N) is 2. The Morgan fingerprint density at radius 1 is 0.675 bits per heavy atom. The van der Waals surface area contributed by atoms with Crippen molar-refractivity contribution in [2.75, 3.05) is 29.8 Å². The second-order valence-corrected chi connectivity index (χ2v) is 12.0. The number of rotatable bonds is 15. The van der Waals surface area contributed by atoms with E-state index in [4.69, 9.17) is 14.2 Å². The third-order valence-corrected chi connectivity index (χ3v) is 8.37. The summed E-state index contributed by atoms with van der Waals surface area (Å²) in [5, 5.41) is 0. The van der Waals surface area contributed by atoms with Gasteiger partial charge in [0.1, 0.15) is 33.8 Å². The van der Waals surface area contributed by atoms with E-state index in [9.17, 15) is 25.6 Å². The quantitative estimate of drug-likeness (QED) is 0.208. The van der Waals surface area contributed by atoms with Crippen LogP contribution in [0.25, 0.3) is 0 Å². The lowest BCUT2D eigenvalue weighted by Gasteiger charge is -2.17. The van der Waals surface area contributed by atoms with Crippen LogP contribution in [0.15, 0.2) is 64.4 Å². The predicted octanol–water partition coefficient (Wildman–Crippen LogP) is 5.93. The lowest BCUT2D eigenvalue weighted by molar-refractivity contribution is 0.310. The number of benzene rings is 3. The minimum atomic E-state index is -4.51. The summed E-state index contributed by atoms with van der Waals surface area (Å²) in [7, 11) is -7.72. The lowest BCUT2D eigenvalue weighted by atomic mass is 10.3. The third-order valence-electron chi connectivity index (χ3n) is 5.62. The summed E-state index contributed by atoms with van der Waals surface area (Å²) >= 11 is 0. The van der Waals surface area contributed by atoms with Crippen LogP contribution in [0.3, 0.4) is 0 Å². The third kappa shape index (κ3) is 7.98. The SMILES string of the molecule is CCCCOc1ccc(F)cc1NS(=O)(=O)c1ccc(OC)c(S(=O)(=O)Nc2cc(F)ccc2OCCCC)c1. The number of ether oxygens (including phenoxy) is 3. The van der Waals surface area contributed by atoms with E-state index in [1.807, 2.05) is 13.8 Å². The molecule has 3 aromatic carbocycles. The summed E-state index contributed by atoms with van der Waals surface area (Å²) in [6.45, 7) is 4.48. The van der Waals surface area contributed by atoms with Crippen LogP contribution in [0.5, 0.6) is 17.2 Å². The molecule has 0 radical (unpaired) electrons. The standard InChI is InChI=1S/C27H32F2N2O7S2/c1-4-6-14-37-24-11-8-19(28)16-22(24)30-39(32,33)21-10-13-26(36-3)27(18-21)40(34,35)31-23-17-20(29)9-12-25(23)38-15-7-5-2/h8-13,16-18,30-31H,4-7,14-15H2,1-3H3. The molecule has 0 aliphatic heterocycles. The zero-order chi connectivity index (χ0) is 29.3. The van der Waals surface area contributed by atoms with Crippen molar-refractivity contribution in [1.29, 1.82) is 0 Å². The molecule has 0 aromatic heterocycles. The van der Waals surface area contributed by atoms with Gasteiger partial charge in [0, 0.05) is 12.1 Å². The highest BCUT2D eigenvalue weighted by Gasteiger charge is 2.26. The first-order chi connectivity index (χ1) is 19.0. The van der Waals surface area contributed by atoms with Gasteiger partial charge in [-0.05, 0) is 55.3 Å². The van der Waals surface area contributed by atoms with Gasteiger partial charge in [0.2, 0.25) is 0 Å². The maximum Gasteiger partial charge on any atom is 0.265 e. The van der Waals surface area contributed by atoms with Crippen LogP contribution in [0.2, 0.25) is 0 Å².